The molecule has 0 aliphatic carbocycles. The third kappa shape index (κ3) is 2.01. The summed E-state index contributed by atoms with van der Waals surface area (Å²) in [6.45, 7) is 4.44. The highest BCUT2D eigenvalue weighted by atomic mass is 16.3. The van der Waals surface area contributed by atoms with Crippen LogP contribution in [-0.4, -0.2) is 13.1 Å². The quantitative estimate of drug-likeness (QED) is 0.749. The summed E-state index contributed by atoms with van der Waals surface area (Å²) >= 11 is 0. The van der Waals surface area contributed by atoms with E-state index in [1.54, 1.807) is 6.26 Å². The van der Waals surface area contributed by atoms with E-state index < -0.39 is 0 Å². The molecule has 0 saturated carbocycles. The Labute approximate surface area is 78.6 Å². The largest absolute Gasteiger partial charge is 0.465 e. The van der Waals surface area contributed by atoms with Crippen molar-refractivity contribution in [3.63, 3.8) is 0 Å². The lowest BCUT2D eigenvalue weighted by Crippen LogP contribution is -2.09. The minimum absolute atomic E-state index is 0.699. The highest BCUT2D eigenvalue weighted by molar-refractivity contribution is 5.47. The molecule has 1 unspecified atom stereocenters. The smallest absolute Gasteiger partial charge is 0.126 e. The molecule has 1 aliphatic heterocycles. The van der Waals surface area contributed by atoms with Crippen molar-refractivity contribution in [2.45, 2.75) is 13.3 Å². The van der Waals surface area contributed by atoms with Gasteiger partial charge < -0.3 is 9.73 Å². The normalized spacial score (nSPS) is 23.8. The Morgan fingerprint density at radius 3 is 3.23 bits per heavy atom. The van der Waals surface area contributed by atoms with Gasteiger partial charge in [0.2, 0.25) is 0 Å². The van der Waals surface area contributed by atoms with Crippen molar-refractivity contribution >= 4 is 6.08 Å². The molecule has 0 amide bonds. The lowest BCUT2D eigenvalue weighted by molar-refractivity contribution is 0.555. The lowest BCUT2D eigenvalue weighted by Gasteiger charge is -2.07. The van der Waals surface area contributed by atoms with Gasteiger partial charge in [-0.1, -0.05) is 5.57 Å². The Morgan fingerprint density at radius 1 is 1.69 bits per heavy atom. The van der Waals surface area contributed by atoms with Crippen molar-refractivity contribution in [2.75, 3.05) is 13.1 Å². The van der Waals surface area contributed by atoms with Crippen LogP contribution in [-0.2, 0) is 0 Å². The van der Waals surface area contributed by atoms with Crippen molar-refractivity contribution in [1.82, 2.24) is 5.32 Å². The molecular weight excluding hydrogens is 162 g/mol. The third-order valence-electron chi connectivity index (χ3n) is 2.62. The molecule has 70 valence electrons. The summed E-state index contributed by atoms with van der Waals surface area (Å²) in [5, 5.41) is 3.36. The summed E-state index contributed by atoms with van der Waals surface area (Å²) in [6, 6.07) is 3.91. The van der Waals surface area contributed by atoms with E-state index in [0.717, 1.165) is 18.8 Å². The van der Waals surface area contributed by atoms with Gasteiger partial charge in [-0.2, -0.15) is 0 Å². The molecule has 2 nitrogen and oxygen atoms in total. The van der Waals surface area contributed by atoms with Crippen LogP contribution >= 0.6 is 0 Å². The summed E-state index contributed by atoms with van der Waals surface area (Å²) < 4.78 is 5.27. The van der Waals surface area contributed by atoms with Gasteiger partial charge in [-0.05, 0) is 44.0 Å². The van der Waals surface area contributed by atoms with E-state index in [0.29, 0.717) is 5.92 Å². The monoisotopic (exact) mass is 177 g/mol. The first kappa shape index (κ1) is 8.57. The van der Waals surface area contributed by atoms with Crippen LogP contribution in [0.5, 0.6) is 0 Å². The fourth-order valence-corrected chi connectivity index (χ4v) is 1.76. The number of hydrogen-bond donors (Lipinski definition) is 1. The highest BCUT2D eigenvalue weighted by Crippen LogP contribution is 2.20. The molecule has 13 heavy (non-hydrogen) atoms. The topological polar surface area (TPSA) is 25.2 Å². The minimum Gasteiger partial charge on any atom is -0.465 e. The van der Waals surface area contributed by atoms with Gasteiger partial charge in [0.15, 0.2) is 0 Å². The van der Waals surface area contributed by atoms with Crippen molar-refractivity contribution in [3.8, 4) is 0 Å². The molecule has 1 N–H and O–H groups in total. The molecule has 0 aromatic carbocycles. The fourth-order valence-electron chi connectivity index (χ4n) is 1.76. The molecule has 1 saturated heterocycles. The second-order valence-corrected chi connectivity index (χ2v) is 3.59. The second-order valence-electron chi connectivity index (χ2n) is 3.59. The van der Waals surface area contributed by atoms with E-state index in [4.69, 9.17) is 4.42 Å². The molecule has 1 atom stereocenters. The van der Waals surface area contributed by atoms with Crippen molar-refractivity contribution < 1.29 is 4.42 Å². The Morgan fingerprint density at radius 2 is 2.62 bits per heavy atom. The maximum Gasteiger partial charge on any atom is 0.126 e. The van der Waals surface area contributed by atoms with Gasteiger partial charge in [-0.25, -0.2) is 0 Å². The molecule has 0 radical (unpaired) electrons. The summed E-state index contributed by atoms with van der Waals surface area (Å²) in [7, 11) is 0. The summed E-state index contributed by atoms with van der Waals surface area (Å²) in [6.07, 6.45) is 5.10. The Kier molecular flexibility index (Phi) is 2.50. The van der Waals surface area contributed by atoms with Gasteiger partial charge >= 0.3 is 0 Å². The number of nitrogens with one attached hydrogen (secondary N) is 1. The van der Waals surface area contributed by atoms with Gasteiger partial charge in [0.05, 0.1) is 6.26 Å². The van der Waals surface area contributed by atoms with Gasteiger partial charge in [0, 0.05) is 6.54 Å². The van der Waals surface area contributed by atoms with Crippen molar-refractivity contribution in [2.24, 2.45) is 5.92 Å². The zero-order valence-electron chi connectivity index (χ0n) is 7.92. The van der Waals surface area contributed by atoms with E-state index in [2.05, 4.69) is 18.3 Å². The van der Waals surface area contributed by atoms with Gasteiger partial charge in [0.1, 0.15) is 5.76 Å². The predicted octanol–water partition coefficient (Wildman–Crippen LogP) is 2.29. The van der Waals surface area contributed by atoms with Crippen LogP contribution in [0.2, 0.25) is 0 Å². The molecule has 1 fully saturated rings. The number of rotatable bonds is 2. The van der Waals surface area contributed by atoms with Crippen LogP contribution in [0.4, 0.5) is 0 Å². The molecule has 2 heterocycles. The first-order chi connectivity index (χ1) is 6.36. The molecule has 0 spiro atoms. The predicted molar refractivity (Wildman–Crippen MR) is 53.3 cm³/mol. The summed E-state index contributed by atoms with van der Waals surface area (Å²) in [5.41, 5.74) is 1.42. The molecule has 2 heteroatoms. The first-order valence-corrected chi connectivity index (χ1v) is 4.78. The zero-order valence-corrected chi connectivity index (χ0v) is 7.92. The van der Waals surface area contributed by atoms with Crippen LogP contribution in [0.25, 0.3) is 6.08 Å². The van der Waals surface area contributed by atoms with Gasteiger partial charge in [-0.15, -0.1) is 0 Å². The maximum absolute atomic E-state index is 5.27. The van der Waals surface area contributed by atoms with Crippen LogP contribution in [0.15, 0.2) is 28.4 Å². The third-order valence-corrected chi connectivity index (χ3v) is 2.62. The van der Waals surface area contributed by atoms with Gasteiger partial charge in [0.25, 0.3) is 0 Å². The lowest BCUT2D eigenvalue weighted by atomic mass is 9.99. The van der Waals surface area contributed by atoms with E-state index in [9.17, 15) is 0 Å². The molecular formula is C11H15NO. The SMILES string of the molecule is C/C(=C\c1ccco1)C1CCNC1. The maximum atomic E-state index is 5.27. The van der Waals surface area contributed by atoms with E-state index >= 15 is 0 Å². The number of furan rings is 1. The molecule has 0 bridgehead atoms. The Bertz CT molecular complexity index is 281. The van der Waals surface area contributed by atoms with Crippen LogP contribution in [0.1, 0.15) is 19.1 Å². The number of hydrogen-bond acceptors (Lipinski definition) is 2. The standard InChI is InChI=1S/C11H15NO/c1-9(10-4-5-12-8-10)7-11-3-2-6-13-11/h2-3,6-7,10,12H,4-5,8H2,1H3/b9-7+. The molecule has 1 aromatic heterocycles. The summed E-state index contributed by atoms with van der Waals surface area (Å²) in [4.78, 5) is 0. The van der Waals surface area contributed by atoms with Crippen LogP contribution < -0.4 is 5.32 Å². The average molecular weight is 177 g/mol. The average Bonchev–Trinajstić information content (AvgIpc) is 2.74. The Hall–Kier alpha value is -1.02. The summed E-state index contributed by atoms with van der Waals surface area (Å²) in [5.74, 6) is 1.66. The van der Waals surface area contributed by atoms with Gasteiger partial charge in [-0.3, -0.25) is 0 Å². The van der Waals surface area contributed by atoms with Crippen molar-refractivity contribution in [3.05, 3.63) is 29.7 Å². The van der Waals surface area contributed by atoms with E-state index in [1.807, 2.05) is 12.1 Å². The first-order valence-electron chi connectivity index (χ1n) is 4.78. The molecule has 1 aliphatic rings. The van der Waals surface area contributed by atoms with E-state index in [-0.39, 0.29) is 0 Å². The Balaban J connectivity index is 2.07. The second kappa shape index (κ2) is 3.79. The van der Waals surface area contributed by atoms with Crippen LogP contribution in [0, 0.1) is 5.92 Å². The van der Waals surface area contributed by atoms with Crippen LogP contribution in [0.3, 0.4) is 0 Å². The van der Waals surface area contributed by atoms with E-state index in [1.165, 1.54) is 12.0 Å². The van der Waals surface area contributed by atoms with Crippen molar-refractivity contribution in [1.29, 1.82) is 0 Å². The molecule has 1 aromatic rings. The molecule has 2 rings (SSSR count). The zero-order chi connectivity index (χ0) is 9.10. The minimum atomic E-state index is 0.699. The fraction of sp³-hybridized carbons (Fsp3) is 0.455. The highest BCUT2D eigenvalue weighted by Gasteiger charge is 2.15.